The van der Waals surface area contributed by atoms with Crippen molar-refractivity contribution in [2.75, 3.05) is 40.4 Å². The molecular formula is C26H44N4O4. The molecule has 0 aliphatic carbocycles. The van der Waals surface area contributed by atoms with Gasteiger partial charge in [-0.05, 0) is 52.5 Å². The lowest BCUT2D eigenvalue weighted by molar-refractivity contribution is -0.157. The zero-order valence-electron chi connectivity index (χ0n) is 22.2. The van der Waals surface area contributed by atoms with Crippen molar-refractivity contribution in [2.45, 2.75) is 71.1 Å². The zero-order chi connectivity index (χ0) is 25.1. The summed E-state index contributed by atoms with van der Waals surface area (Å²) in [6.07, 6.45) is 7.15. The van der Waals surface area contributed by atoms with Crippen molar-refractivity contribution in [3.63, 3.8) is 0 Å². The van der Waals surface area contributed by atoms with Gasteiger partial charge in [-0.2, -0.15) is 0 Å². The predicted molar refractivity (Wildman–Crippen MR) is 131 cm³/mol. The van der Waals surface area contributed by atoms with Crippen LogP contribution in [0.4, 0.5) is 0 Å². The van der Waals surface area contributed by atoms with Crippen molar-refractivity contribution in [3.05, 3.63) is 18.2 Å². The summed E-state index contributed by atoms with van der Waals surface area (Å²) in [6, 6.07) is 0. The minimum atomic E-state index is -0.763. The number of rotatable bonds is 3. The Morgan fingerprint density at radius 3 is 2.41 bits per heavy atom. The Hall–Kier alpha value is -1.77. The first-order valence-corrected chi connectivity index (χ1v) is 12.6. The van der Waals surface area contributed by atoms with Crippen molar-refractivity contribution in [1.29, 1.82) is 0 Å². The number of carbonyl (C=O) groups excluding carboxylic acids is 2. The van der Waals surface area contributed by atoms with Crippen LogP contribution in [0.1, 0.15) is 59.1 Å². The lowest BCUT2D eigenvalue weighted by Crippen LogP contribution is -2.58. The van der Waals surface area contributed by atoms with Crippen LogP contribution in [-0.2, 0) is 32.7 Å². The van der Waals surface area contributed by atoms with Crippen molar-refractivity contribution in [1.82, 2.24) is 19.4 Å². The second-order valence-corrected chi connectivity index (χ2v) is 11.2. The van der Waals surface area contributed by atoms with E-state index in [-0.39, 0.29) is 17.2 Å². The molecule has 2 fully saturated rings. The Kier molecular flexibility index (Phi) is 8.58. The molecule has 2 aliphatic rings. The van der Waals surface area contributed by atoms with E-state index in [0.717, 1.165) is 51.1 Å². The van der Waals surface area contributed by atoms with Crippen LogP contribution in [0.3, 0.4) is 0 Å². The summed E-state index contributed by atoms with van der Waals surface area (Å²) in [5.41, 5.74) is 0.421. The monoisotopic (exact) mass is 476 g/mol. The van der Waals surface area contributed by atoms with Gasteiger partial charge in [0, 0.05) is 52.5 Å². The summed E-state index contributed by atoms with van der Waals surface area (Å²) in [7, 11) is 5.86. The summed E-state index contributed by atoms with van der Waals surface area (Å²) in [6.45, 7) is 11.8. The van der Waals surface area contributed by atoms with Gasteiger partial charge in [-0.3, -0.25) is 19.4 Å². The van der Waals surface area contributed by atoms with Gasteiger partial charge in [-0.1, -0.05) is 13.8 Å². The number of Topliss-reactive ketones (excluding diaryl/α,β-unsaturated/α-hetero) is 1. The topological polar surface area (TPSA) is 76.9 Å². The van der Waals surface area contributed by atoms with E-state index in [1.54, 1.807) is 14.0 Å². The first-order valence-electron chi connectivity index (χ1n) is 12.6. The summed E-state index contributed by atoms with van der Waals surface area (Å²) in [5.74, 6) is -1.13. The Balaban J connectivity index is 1.78. The highest BCUT2D eigenvalue weighted by atomic mass is 16.5. The van der Waals surface area contributed by atoms with E-state index >= 15 is 0 Å². The largest absolute Gasteiger partial charge is 0.463 e. The first-order chi connectivity index (χ1) is 16.0. The third-order valence-corrected chi connectivity index (χ3v) is 8.09. The number of esters is 1. The van der Waals surface area contributed by atoms with Crippen LogP contribution in [0.5, 0.6) is 0 Å². The van der Waals surface area contributed by atoms with E-state index in [1.165, 1.54) is 0 Å². The van der Waals surface area contributed by atoms with Gasteiger partial charge in [0.1, 0.15) is 18.3 Å². The summed E-state index contributed by atoms with van der Waals surface area (Å²) in [4.78, 5) is 35.2. The van der Waals surface area contributed by atoms with Crippen molar-refractivity contribution >= 4 is 11.8 Å². The lowest BCUT2D eigenvalue weighted by atomic mass is 9.81. The number of hydrogen-bond donors (Lipinski definition) is 0. The molecule has 0 radical (unpaired) electrons. The van der Waals surface area contributed by atoms with Crippen LogP contribution in [0, 0.1) is 17.8 Å². The molecule has 0 amide bonds. The lowest BCUT2D eigenvalue weighted by Gasteiger charge is -2.48. The average molecular weight is 477 g/mol. The van der Waals surface area contributed by atoms with Gasteiger partial charge in [-0.15, -0.1) is 0 Å². The number of ether oxygens (including phenoxy) is 2. The van der Waals surface area contributed by atoms with Gasteiger partial charge < -0.3 is 14.0 Å². The highest BCUT2D eigenvalue weighted by Gasteiger charge is 2.42. The Morgan fingerprint density at radius 1 is 1.15 bits per heavy atom. The van der Waals surface area contributed by atoms with Gasteiger partial charge >= 0.3 is 5.97 Å². The molecule has 1 spiro atoms. The van der Waals surface area contributed by atoms with E-state index in [1.807, 2.05) is 24.9 Å². The van der Waals surface area contributed by atoms with Gasteiger partial charge in [0.15, 0.2) is 0 Å². The fourth-order valence-electron chi connectivity index (χ4n) is 5.88. The molecule has 34 heavy (non-hydrogen) atoms. The van der Waals surface area contributed by atoms with Crippen LogP contribution in [0.15, 0.2) is 12.5 Å². The quantitative estimate of drug-likeness (QED) is 0.490. The SMILES string of the molecule is COC1(C)CC(C)CN(C)C2(CCN(Cc3cn(C)cn3)CC2)COC(=O)C(C)C(=O)C(C)C1. The molecular weight excluding hydrogens is 432 g/mol. The Morgan fingerprint density at radius 2 is 1.82 bits per heavy atom. The van der Waals surface area contributed by atoms with E-state index in [9.17, 15) is 9.59 Å². The molecule has 3 heterocycles. The molecule has 0 bridgehead atoms. The molecule has 3 rings (SSSR count). The third kappa shape index (κ3) is 6.26. The zero-order valence-corrected chi connectivity index (χ0v) is 22.2. The van der Waals surface area contributed by atoms with Crippen molar-refractivity contribution < 1.29 is 19.1 Å². The first kappa shape index (κ1) is 26.8. The van der Waals surface area contributed by atoms with Crippen LogP contribution in [0.2, 0.25) is 0 Å². The molecule has 8 heteroatoms. The molecule has 4 atom stereocenters. The summed E-state index contributed by atoms with van der Waals surface area (Å²) >= 11 is 0. The molecule has 1 aromatic rings. The number of piperidine rings is 1. The summed E-state index contributed by atoms with van der Waals surface area (Å²) < 4.78 is 13.7. The maximum Gasteiger partial charge on any atom is 0.316 e. The fraction of sp³-hybridized carbons (Fsp3) is 0.808. The van der Waals surface area contributed by atoms with E-state index in [0.29, 0.717) is 18.9 Å². The molecule has 2 saturated heterocycles. The van der Waals surface area contributed by atoms with E-state index in [2.05, 4.69) is 41.9 Å². The molecule has 0 aromatic carbocycles. The molecule has 1 aromatic heterocycles. The molecule has 8 nitrogen and oxygen atoms in total. The number of nitrogens with zero attached hydrogens (tertiary/aromatic N) is 4. The Labute approximate surface area is 205 Å². The van der Waals surface area contributed by atoms with Crippen LogP contribution >= 0.6 is 0 Å². The number of ketones is 1. The number of imidazole rings is 1. The van der Waals surface area contributed by atoms with Crippen molar-refractivity contribution in [2.24, 2.45) is 24.8 Å². The van der Waals surface area contributed by atoms with Gasteiger partial charge in [0.2, 0.25) is 0 Å². The maximum absolute atomic E-state index is 13.0. The van der Waals surface area contributed by atoms with Crippen LogP contribution in [-0.4, -0.2) is 82.6 Å². The molecule has 4 unspecified atom stereocenters. The standard InChI is InChI=1S/C26H44N4O4/c1-19-12-25(4,33-7)13-20(2)23(31)21(3)24(32)34-17-26(29(6)14-19)8-10-30(11-9-26)16-22-15-28(5)18-27-22/h15,18-21H,8-14,16-17H2,1-7H3. The van der Waals surface area contributed by atoms with E-state index < -0.39 is 17.5 Å². The normalized spacial score (nSPS) is 32.6. The number of likely N-dealkylation sites (N-methyl/N-ethyl adjacent to an activating group) is 1. The maximum atomic E-state index is 13.0. The number of methoxy groups -OCH3 is 1. The van der Waals surface area contributed by atoms with Crippen LogP contribution in [0.25, 0.3) is 0 Å². The number of carbonyl (C=O) groups is 2. The molecule has 192 valence electrons. The number of cyclic esters (lactones) is 1. The highest BCUT2D eigenvalue weighted by molar-refractivity contribution is 5.99. The second-order valence-electron chi connectivity index (χ2n) is 11.2. The van der Waals surface area contributed by atoms with Crippen LogP contribution < -0.4 is 0 Å². The smallest absolute Gasteiger partial charge is 0.316 e. The van der Waals surface area contributed by atoms with Crippen molar-refractivity contribution in [3.8, 4) is 0 Å². The van der Waals surface area contributed by atoms with Gasteiger partial charge in [0.25, 0.3) is 0 Å². The Bertz CT molecular complexity index is 848. The third-order valence-electron chi connectivity index (χ3n) is 8.09. The second kappa shape index (κ2) is 10.9. The molecule has 0 saturated carbocycles. The minimum absolute atomic E-state index is 0.0623. The summed E-state index contributed by atoms with van der Waals surface area (Å²) in [5, 5.41) is 0. The van der Waals surface area contributed by atoms with E-state index in [4.69, 9.17) is 9.47 Å². The van der Waals surface area contributed by atoms with Gasteiger partial charge in [-0.25, -0.2) is 4.98 Å². The number of hydrogen-bond acceptors (Lipinski definition) is 7. The number of likely N-dealkylation sites (tertiary alicyclic amines) is 1. The number of aromatic nitrogens is 2. The fourth-order valence-corrected chi connectivity index (χ4v) is 5.88. The van der Waals surface area contributed by atoms with Gasteiger partial charge in [0.05, 0.1) is 23.2 Å². The highest BCUT2D eigenvalue weighted by Crippen LogP contribution is 2.34. The predicted octanol–water partition coefficient (Wildman–Crippen LogP) is 2.91. The molecule has 2 aliphatic heterocycles. The average Bonchev–Trinajstić information content (AvgIpc) is 3.21. The molecule has 0 N–H and O–H groups in total. The number of aryl methyl sites for hydroxylation is 1. The minimum Gasteiger partial charge on any atom is -0.463 e.